The molecule has 164 valence electrons. The lowest BCUT2D eigenvalue weighted by Gasteiger charge is -2.16. The molecule has 0 heterocycles. The van der Waals surface area contributed by atoms with Gasteiger partial charge >= 0.3 is 0 Å². The van der Waals surface area contributed by atoms with Crippen LogP contribution in [0.2, 0.25) is 0 Å². The van der Waals surface area contributed by atoms with Crippen LogP contribution in [0.3, 0.4) is 0 Å². The Balaban J connectivity index is 1.57. The van der Waals surface area contributed by atoms with Crippen LogP contribution in [-0.4, -0.2) is 18.0 Å². The molecule has 2 fully saturated rings. The van der Waals surface area contributed by atoms with Crippen molar-refractivity contribution in [3.8, 4) is 11.1 Å². The lowest BCUT2D eigenvalue weighted by atomic mass is 9.93. The van der Waals surface area contributed by atoms with Crippen molar-refractivity contribution >= 4 is 17.7 Å². The van der Waals surface area contributed by atoms with Gasteiger partial charge in [0.05, 0.1) is 0 Å². The first kappa shape index (κ1) is 21.6. The lowest BCUT2D eigenvalue weighted by molar-refractivity contribution is -0.117. The molecule has 2 aromatic rings. The summed E-state index contributed by atoms with van der Waals surface area (Å²) in [6.07, 6.45) is 9.65. The van der Waals surface area contributed by atoms with Crippen LogP contribution >= 0.6 is 0 Å². The highest BCUT2D eigenvalue weighted by Gasteiger charge is 2.24. The van der Waals surface area contributed by atoms with E-state index in [1.165, 1.54) is 12.8 Å². The normalized spacial score (nSPS) is 17.1. The molecule has 0 atom stereocenters. The highest BCUT2D eigenvalue weighted by molar-refractivity contribution is 5.98. The van der Waals surface area contributed by atoms with Crippen LogP contribution in [0.25, 0.3) is 17.2 Å². The van der Waals surface area contributed by atoms with Crippen molar-refractivity contribution in [1.82, 2.24) is 5.32 Å². The van der Waals surface area contributed by atoms with Gasteiger partial charge in [-0.15, -0.1) is 0 Å². The summed E-state index contributed by atoms with van der Waals surface area (Å²) in [5, 5.41) is 6.54. The summed E-state index contributed by atoms with van der Waals surface area (Å²) in [7, 11) is 0. The Hall–Kier alpha value is -2.62. The molecule has 0 aliphatic heterocycles. The summed E-state index contributed by atoms with van der Waals surface area (Å²) < 4.78 is 15.0. The Kier molecular flexibility index (Phi) is 6.45. The molecule has 0 saturated heterocycles. The largest absolute Gasteiger partial charge is 0.382 e. The minimum absolute atomic E-state index is 0.0301. The van der Waals surface area contributed by atoms with Crippen molar-refractivity contribution in [2.75, 3.05) is 5.32 Å². The van der Waals surface area contributed by atoms with Gasteiger partial charge in [-0.25, -0.2) is 4.39 Å². The quantitative estimate of drug-likeness (QED) is 0.500. The van der Waals surface area contributed by atoms with Crippen LogP contribution in [0.1, 0.15) is 68.6 Å². The zero-order valence-electron chi connectivity index (χ0n) is 18.9. The highest BCUT2D eigenvalue weighted by Crippen LogP contribution is 2.32. The highest BCUT2D eigenvalue weighted by atomic mass is 19.1. The Bertz CT molecular complexity index is 1000. The van der Waals surface area contributed by atoms with E-state index in [2.05, 4.69) is 16.7 Å². The van der Waals surface area contributed by atoms with Crippen LogP contribution in [0.4, 0.5) is 10.1 Å². The summed E-state index contributed by atoms with van der Waals surface area (Å²) in [5.41, 5.74) is 6.23. The Labute approximate surface area is 185 Å². The second kappa shape index (κ2) is 9.25. The molecule has 4 rings (SSSR count). The molecule has 0 bridgehead atoms. The number of rotatable bonds is 7. The fraction of sp³-hybridized carbons (Fsp3) is 0.444. The second-order valence-electron chi connectivity index (χ2n) is 9.11. The van der Waals surface area contributed by atoms with Gasteiger partial charge in [0.2, 0.25) is 5.91 Å². The minimum atomic E-state index is -0.202. The Morgan fingerprint density at radius 3 is 2.39 bits per heavy atom. The van der Waals surface area contributed by atoms with Gasteiger partial charge in [-0.05, 0) is 92.5 Å². The van der Waals surface area contributed by atoms with Crippen molar-refractivity contribution < 1.29 is 9.18 Å². The number of hydrogen-bond acceptors (Lipinski definition) is 2. The average molecular weight is 421 g/mol. The maximum Gasteiger partial charge on any atom is 0.247 e. The first-order valence-corrected chi connectivity index (χ1v) is 11.6. The standard InChI is InChI=1S/C27H33FN2O/c1-4-19(27(31)30-22-9-10-22)15-20-13-18(3)25(14-17(20)2)24-12-11-23(16-26(24)28)29-21-7-5-6-8-21/h11-16,21-22,29H,4-10H2,1-3H3,(H,30,31). The number of hydrogen-bond donors (Lipinski definition) is 2. The number of anilines is 1. The van der Waals surface area contributed by atoms with E-state index >= 15 is 4.39 Å². The SMILES string of the molecule is CCC(=Cc1cc(C)c(-c2ccc(NC3CCCC3)cc2F)cc1C)C(=O)NC1CC1. The third-order valence-corrected chi connectivity index (χ3v) is 6.51. The van der Waals surface area contributed by atoms with Crippen LogP contribution < -0.4 is 10.6 Å². The summed E-state index contributed by atoms with van der Waals surface area (Å²) >= 11 is 0. The van der Waals surface area contributed by atoms with Crippen LogP contribution in [0.5, 0.6) is 0 Å². The number of nitrogens with one attached hydrogen (secondary N) is 2. The number of amides is 1. The molecule has 2 aromatic carbocycles. The minimum Gasteiger partial charge on any atom is -0.382 e. The van der Waals surface area contributed by atoms with E-state index in [-0.39, 0.29) is 11.7 Å². The van der Waals surface area contributed by atoms with Crippen molar-refractivity contribution in [2.24, 2.45) is 0 Å². The smallest absolute Gasteiger partial charge is 0.247 e. The predicted molar refractivity (Wildman–Crippen MR) is 127 cm³/mol. The number of carbonyl (C=O) groups excluding carboxylic acids is 1. The third kappa shape index (κ3) is 5.17. The van der Waals surface area contributed by atoms with Crippen molar-refractivity contribution in [3.05, 3.63) is 58.4 Å². The summed E-state index contributed by atoms with van der Waals surface area (Å²) in [4.78, 5) is 12.5. The number of carbonyl (C=O) groups is 1. The Morgan fingerprint density at radius 2 is 1.74 bits per heavy atom. The molecule has 1 amide bonds. The van der Waals surface area contributed by atoms with E-state index in [1.807, 2.05) is 45.0 Å². The van der Waals surface area contributed by atoms with E-state index in [4.69, 9.17) is 0 Å². The van der Waals surface area contributed by atoms with E-state index < -0.39 is 0 Å². The first-order valence-electron chi connectivity index (χ1n) is 11.6. The predicted octanol–water partition coefficient (Wildman–Crippen LogP) is 6.54. The maximum atomic E-state index is 15.0. The first-order chi connectivity index (χ1) is 14.9. The molecule has 31 heavy (non-hydrogen) atoms. The van der Waals surface area contributed by atoms with Gasteiger partial charge in [-0.1, -0.05) is 31.9 Å². The van der Waals surface area contributed by atoms with Crippen LogP contribution in [0, 0.1) is 19.7 Å². The molecular formula is C27H33FN2O. The summed E-state index contributed by atoms with van der Waals surface area (Å²) in [5.74, 6) is -0.172. The van der Waals surface area contributed by atoms with E-state index in [0.717, 1.165) is 59.2 Å². The zero-order valence-corrected chi connectivity index (χ0v) is 18.9. The van der Waals surface area contributed by atoms with E-state index in [9.17, 15) is 4.79 Å². The summed E-state index contributed by atoms with van der Waals surface area (Å²) in [6.45, 7) is 6.03. The molecular weight excluding hydrogens is 387 g/mol. The van der Waals surface area contributed by atoms with Gasteiger partial charge in [0.15, 0.2) is 0 Å². The van der Waals surface area contributed by atoms with E-state index in [1.54, 1.807) is 6.07 Å². The molecule has 2 N–H and O–H groups in total. The Morgan fingerprint density at radius 1 is 1.00 bits per heavy atom. The number of halogens is 1. The number of benzene rings is 2. The maximum absolute atomic E-state index is 15.0. The molecule has 0 spiro atoms. The van der Waals surface area contributed by atoms with Gasteiger partial charge in [-0.3, -0.25) is 4.79 Å². The van der Waals surface area contributed by atoms with Crippen molar-refractivity contribution in [1.29, 1.82) is 0 Å². The van der Waals surface area contributed by atoms with Crippen molar-refractivity contribution in [3.63, 3.8) is 0 Å². The fourth-order valence-corrected chi connectivity index (χ4v) is 4.43. The van der Waals surface area contributed by atoms with E-state index in [0.29, 0.717) is 24.1 Å². The van der Waals surface area contributed by atoms with Crippen molar-refractivity contribution in [2.45, 2.75) is 77.8 Å². The third-order valence-electron chi connectivity index (χ3n) is 6.51. The topological polar surface area (TPSA) is 41.1 Å². The van der Waals surface area contributed by atoms with Gasteiger partial charge in [0, 0.05) is 28.9 Å². The van der Waals surface area contributed by atoms with Crippen LogP contribution in [0.15, 0.2) is 35.9 Å². The molecule has 4 heteroatoms. The van der Waals surface area contributed by atoms with Gasteiger partial charge < -0.3 is 10.6 Å². The monoisotopic (exact) mass is 420 g/mol. The lowest BCUT2D eigenvalue weighted by Crippen LogP contribution is -2.26. The molecule has 0 radical (unpaired) electrons. The fourth-order valence-electron chi connectivity index (χ4n) is 4.43. The molecule has 2 aliphatic carbocycles. The second-order valence-corrected chi connectivity index (χ2v) is 9.11. The van der Waals surface area contributed by atoms with Gasteiger partial charge in [0.1, 0.15) is 5.82 Å². The number of aryl methyl sites for hydroxylation is 2. The van der Waals surface area contributed by atoms with Gasteiger partial charge in [-0.2, -0.15) is 0 Å². The zero-order chi connectivity index (χ0) is 22.0. The van der Waals surface area contributed by atoms with Crippen LogP contribution in [-0.2, 0) is 4.79 Å². The average Bonchev–Trinajstić information content (AvgIpc) is 3.40. The summed E-state index contributed by atoms with van der Waals surface area (Å²) in [6, 6.07) is 10.4. The molecule has 0 unspecified atom stereocenters. The molecule has 2 aliphatic rings. The molecule has 3 nitrogen and oxygen atoms in total. The van der Waals surface area contributed by atoms with Gasteiger partial charge in [0.25, 0.3) is 0 Å². The molecule has 0 aromatic heterocycles. The molecule has 2 saturated carbocycles.